The minimum Gasteiger partial charge on any atom is -0.471 e. The summed E-state index contributed by atoms with van der Waals surface area (Å²) in [6, 6.07) is 16.6. The van der Waals surface area contributed by atoms with Gasteiger partial charge in [-0.3, -0.25) is 0 Å². The summed E-state index contributed by atoms with van der Waals surface area (Å²) in [5.74, 6) is 1.24. The number of benzene rings is 2. The Hall–Kier alpha value is -2.33. The van der Waals surface area contributed by atoms with Crippen molar-refractivity contribution in [1.82, 2.24) is 0 Å². The molecular weight excluding hydrogens is 520 g/mol. The molecule has 210 valence electrons. The molecule has 4 atom stereocenters. The molecule has 2 aliphatic rings. The van der Waals surface area contributed by atoms with Crippen molar-refractivity contribution < 1.29 is 23.7 Å². The monoisotopic (exact) mass is 562 g/mol. The van der Waals surface area contributed by atoms with Gasteiger partial charge in [-0.05, 0) is 47.9 Å². The van der Waals surface area contributed by atoms with Gasteiger partial charge in [-0.15, -0.1) is 23.5 Å². The summed E-state index contributed by atoms with van der Waals surface area (Å²) in [6.07, 6.45) is 4.97. The maximum Gasteiger partial charge on any atom is 0.191 e. The molecular formula is C29H42N2O5S2. The highest BCUT2D eigenvalue weighted by Gasteiger charge is 2.32. The van der Waals surface area contributed by atoms with Gasteiger partial charge in [0.15, 0.2) is 11.8 Å². The number of methoxy groups -OCH3 is 2. The van der Waals surface area contributed by atoms with Crippen molar-refractivity contribution in [2.45, 2.75) is 62.3 Å². The average Bonchev–Trinajstić information content (AvgIpc) is 3.48. The predicted octanol–water partition coefficient (Wildman–Crippen LogP) is 6.67. The number of aliphatic imine (C=N–C) groups is 2. The van der Waals surface area contributed by atoms with Gasteiger partial charge in [-0.1, -0.05) is 39.1 Å². The number of hydrogen-bond donors (Lipinski definition) is 0. The van der Waals surface area contributed by atoms with Crippen molar-refractivity contribution in [3.8, 4) is 0 Å². The second-order valence-corrected chi connectivity index (χ2v) is 9.97. The van der Waals surface area contributed by atoms with Gasteiger partial charge in [0.1, 0.15) is 30.6 Å². The lowest BCUT2D eigenvalue weighted by Crippen LogP contribution is -2.19. The quantitative estimate of drug-likeness (QED) is 0.236. The Labute approximate surface area is 236 Å². The molecule has 2 aromatic carbocycles. The van der Waals surface area contributed by atoms with E-state index in [2.05, 4.69) is 52.6 Å². The summed E-state index contributed by atoms with van der Waals surface area (Å²) in [4.78, 5) is 21.9. The lowest BCUT2D eigenvalue weighted by molar-refractivity contribution is -0.107. The molecule has 0 fully saturated rings. The molecule has 38 heavy (non-hydrogen) atoms. The van der Waals surface area contributed by atoms with Gasteiger partial charge in [0.25, 0.3) is 0 Å². The lowest BCUT2D eigenvalue weighted by Gasteiger charge is -2.17. The Kier molecular flexibility index (Phi) is 15.3. The largest absolute Gasteiger partial charge is 0.471 e. The summed E-state index contributed by atoms with van der Waals surface area (Å²) in [5, 5.41) is 0. The number of carbonyl (C=O) groups is 1. The molecule has 0 bridgehead atoms. The first kappa shape index (κ1) is 33.7. The van der Waals surface area contributed by atoms with Crippen LogP contribution in [-0.4, -0.2) is 70.1 Å². The van der Waals surface area contributed by atoms with Gasteiger partial charge in [0.2, 0.25) is 0 Å². The zero-order valence-electron chi connectivity index (χ0n) is 21.4. The fraction of sp³-hybridized carbons (Fsp3) is 0.483. The highest BCUT2D eigenvalue weighted by Crippen LogP contribution is 2.32. The van der Waals surface area contributed by atoms with Crippen LogP contribution in [0.3, 0.4) is 0 Å². The van der Waals surface area contributed by atoms with E-state index in [9.17, 15) is 4.79 Å². The van der Waals surface area contributed by atoms with Gasteiger partial charge in [-0.25, -0.2) is 9.98 Å². The average molecular weight is 563 g/mol. The van der Waals surface area contributed by atoms with E-state index >= 15 is 0 Å². The minimum absolute atomic E-state index is 0. The molecule has 0 radical (unpaired) electrons. The Balaban J connectivity index is 0.000000363. The van der Waals surface area contributed by atoms with E-state index in [1.807, 2.05) is 25.3 Å². The highest BCUT2D eigenvalue weighted by molar-refractivity contribution is 7.98. The summed E-state index contributed by atoms with van der Waals surface area (Å²) < 4.78 is 21.9. The summed E-state index contributed by atoms with van der Waals surface area (Å²) in [7, 11) is 3.33. The smallest absolute Gasteiger partial charge is 0.191 e. The molecule has 0 aromatic heterocycles. The van der Waals surface area contributed by atoms with Crippen LogP contribution in [0.15, 0.2) is 68.3 Å². The van der Waals surface area contributed by atoms with E-state index < -0.39 is 0 Å². The second kappa shape index (κ2) is 17.3. The maximum atomic E-state index is 10.6. The van der Waals surface area contributed by atoms with E-state index in [4.69, 9.17) is 18.9 Å². The van der Waals surface area contributed by atoms with E-state index in [1.165, 1.54) is 9.79 Å². The van der Waals surface area contributed by atoms with E-state index in [-0.39, 0.29) is 45.6 Å². The molecule has 2 heterocycles. The van der Waals surface area contributed by atoms with Crippen LogP contribution in [0.25, 0.3) is 0 Å². The van der Waals surface area contributed by atoms with E-state index in [1.54, 1.807) is 37.7 Å². The van der Waals surface area contributed by atoms with Crippen LogP contribution in [-0.2, 0) is 23.7 Å². The molecule has 4 rings (SSSR count). The van der Waals surface area contributed by atoms with Gasteiger partial charge in [0, 0.05) is 30.9 Å². The van der Waals surface area contributed by atoms with Gasteiger partial charge >= 0.3 is 0 Å². The zero-order chi connectivity index (χ0) is 25.9. The molecule has 2 aliphatic heterocycles. The SMILES string of the molecule is C.C.COC[C@@H]1N=C(C)O[C@H]1c1ccc(SC)cc1.COC[C@@H]1N=C(CC=O)O[C@H]1c1ccc(SC)cc1. The number of aldehydes is 1. The van der Waals surface area contributed by atoms with Crippen molar-refractivity contribution in [3.05, 3.63) is 59.7 Å². The maximum absolute atomic E-state index is 10.6. The van der Waals surface area contributed by atoms with Crippen LogP contribution in [0.4, 0.5) is 0 Å². The first-order valence-corrected chi connectivity index (χ1v) is 14.1. The molecule has 0 saturated heterocycles. The third-order valence-electron chi connectivity index (χ3n) is 5.74. The highest BCUT2D eigenvalue weighted by atomic mass is 32.2. The van der Waals surface area contributed by atoms with Gasteiger partial charge < -0.3 is 23.7 Å². The Bertz CT molecular complexity index is 1030. The van der Waals surface area contributed by atoms with Crippen molar-refractivity contribution >= 4 is 41.6 Å². The Morgan fingerprint density at radius 2 is 1.24 bits per heavy atom. The first-order valence-electron chi connectivity index (χ1n) is 11.7. The third-order valence-corrected chi connectivity index (χ3v) is 7.23. The number of hydrogen-bond acceptors (Lipinski definition) is 9. The van der Waals surface area contributed by atoms with E-state index in [0.717, 1.165) is 23.3 Å². The molecule has 0 unspecified atom stereocenters. The summed E-state index contributed by atoms with van der Waals surface area (Å²) in [6.45, 7) is 2.96. The molecule has 0 amide bonds. The van der Waals surface area contributed by atoms with Crippen LogP contribution in [0.1, 0.15) is 51.5 Å². The minimum atomic E-state index is -0.161. The van der Waals surface area contributed by atoms with E-state index in [0.29, 0.717) is 19.1 Å². The van der Waals surface area contributed by atoms with Gasteiger partial charge in [0.05, 0.1) is 19.6 Å². The molecule has 9 heteroatoms. The number of rotatable bonds is 10. The van der Waals surface area contributed by atoms with Crippen molar-refractivity contribution in [2.75, 3.05) is 39.9 Å². The Morgan fingerprint density at radius 1 is 0.789 bits per heavy atom. The molecule has 2 aromatic rings. The summed E-state index contributed by atoms with van der Waals surface area (Å²) >= 11 is 3.44. The van der Waals surface area contributed by atoms with Crippen molar-refractivity contribution in [3.63, 3.8) is 0 Å². The topological polar surface area (TPSA) is 78.7 Å². The number of nitrogens with zero attached hydrogens (tertiary/aromatic N) is 2. The van der Waals surface area contributed by atoms with Crippen LogP contribution >= 0.6 is 23.5 Å². The number of carbonyl (C=O) groups excluding carboxylic acids is 1. The molecule has 0 spiro atoms. The first-order chi connectivity index (χ1) is 17.5. The predicted molar refractivity (Wildman–Crippen MR) is 160 cm³/mol. The zero-order valence-corrected chi connectivity index (χ0v) is 23.0. The van der Waals surface area contributed by atoms with Crippen LogP contribution < -0.4 is 0 Å². The molecule has 0 saturated carbocycles. The number of thioether (sulfide) groups is 2. The van der Waals surface area contributed by atoms with Crippen LogP contribution in [0.5, 0.6) is 0 Å². The molecule has 0 N–H and O–H groups in total. The standard InChI is InChI=1S/C14H17NO3S.C13H17NO2S.2CH4/c1-17-9-12-14(18-13(15-12)7-8-16)10-3-5-11(19-2)6-4-10;1-9-14-12(8-15-2)13(16-9)10-4-6-11(17-3)7-5-10;;/h3-6,8,12,14H,7,9H2,1-2H3;4-7,12-13H,8H2,1-3H3;2*1H4/t12-,14-;12-,13-;;/m00../s1. The fourth-order valence-electron chi connectivity index (χ4n) is 4.03. The van der Waals surface area contributed by atoms with Crippen LogP contribution in [0, 0.1) is 0 Å². The van der Waals surface area contributed by atoms with Crippen LogP contribution in [0.2, 0.25) is 0 Å². The summed E-state index contributed by atoms with van der Waals surface area (Å²) in [5.41, 5.74) is 2.22. The Morgan fingerprint density at radius 3 is 1.66 bits per heavy atom. The number of ether oxygens (including phenoxy) is 4. The fourth-order valence-corrected chi connectivity index (χ4v) is 4.85. The normalized spacial score (nSPS) is 21.4. The van der Waals surface area contributed by atoms with Crippen molar-refractivity contribution in [2.24, 2.45) is 9.98 Å². The third kappa shape index (κ3) is 9.15. The second-order valence-electron chi connectivity index (χ2n) is 8.21. The van der Waals surface area contributed by atoms with Crippen molar-refractivity contribution in [1.29, 1.82) is 0 Å². The van der Waals surface area contributed by atoms with Gasteiger partial charge in [-0.2, -0.15) is 0 Å². The molecule has 7 nitrogen and oxygen atoms in total. The lowest BCUT2D eigenvalue weighted by atomic mass is 10.0. The molecule has 0 aliphatic carbocycles.